The molecule has 2 aliphatic heterocycles. The molecule has 2 saturated heterocycles. The first-order chi connectivity index (χ1) is 12.8. The predicted octanol–water partition coefficient (Wildman–Crippen LogP) is 5.44. The molecule has 0 saturated carbocycles. The molecule has 6 atom stereocenters. The summed E-state index contributed by atoms with van der Waals surface area (Å²) in [7, 11) is 0. The highest BCUT2D eigenvalue weighted by molar-refractivity contribution is 5.20. The molecular formula is C23H28O3. The minimum Gasteiger partial charge on any atom is -0.365 e. The maximum absolute atomic E-state index is 6.55. The Labute approximate surface area is 156 Å². The Balaban J connectivity index is 1.59. The maximum Gasteiger partial charge on any atom is 0.184 e. The molecule has 2 heterocycles. The van der Waals surface area contributed by atoms with Crippen molar-refractivity contribution in [3.63, 3.8) is 0 Å². The van der Waals surface area contributed by atoms with Crippen molar-refractivity contribution in [2.45, 2.75) is 63.8 Å². The highest BCUT2D eigenvalue weighted by atomic mass is 16.7. The molecule has 2 aromatic rings. The van der Waals surface area contributed by atoms with E-state index >= 15 is 0 Å². The summed E-state index contributed by atoms with van der Waals surface area (Å²) >= 11 is 0. The third-order valence-corrected chi connectivity index (χ3v) is 5.74. The highest BCUT2D eigenvalue weighted by Crippen LogP contribution is 2.45. The zero-order valence-corrected chi connectivity index (χ0v) is 15.6. The van der Waals surface area contributed by atoms with Gasteiger partial charge in [-0.3, -0.25) is 0 Å². The highest BCUT2D eigenvalue weighted by Gasteiger charge is 2.48. The fraction of sp³-hybridized carbons (Fsp3) is 0.478. The van der Waals surface area contributed by atoms with Gasteiger partial charge in [-0.15, -0.1) is 0 Å². The summed E-state index contributed by atoms with van der Waals surface area (Å²) in [5.74, 6) is 0.475. The van der Waals surface area contributed by atoms with Gasteiger partial charge in [-0.1, -0.05) is 80.9 Å². The molecule has 6 unspecified atom stereocenters. The third-order valence-electron chi connectivity index (χ3n) is 5.74. The van der Waals surface area contributed by atoms with Crippen molar-refractivity contribution in [2.24, 2.45) is 5.92 Å². The molecular weight excluding hydrogens is 324 g/mol. The fourth-order valence-electron chi connectivity index (χ4n) is 4.28. The molecule has 0 N–H and O–H groups in total. The van der Waals surface area contributed by atoms with Gasteiger partial charge in [-0.25, -0.2) is 0 Å². The van der Waals surface area contributed by atoms with Crippen LogP contribution in [0, 0.1) is 5.92 Å². The van der Waals surface area contributed by atoms with Crippen LogP contribution in [-0.4, -0.2) is 18.3 Å². The Morgan fingerprint density at radius 3 is 2.00 bits per heavy atom. The molecule has 0 spiro atoms. The minimum absolute atomic E-state index is 0.0103. The van der Waals surface area contributed by atoms with Gasteiger partial charge in [0.15, 0.2) is 6.29 Å². The largest absolute Gasteiger partial charge is 0.365 e. The van der Waals surface area contributed by atoms with Gasteiger partial charge in [0.25, 0.3) is 0 Å². The van der Waals surface area contributed by atoms with Crippen LogP contribution in [0.5, 0.6) is 0 Å². The van der Waals surface area contributed by atoms with Crippen LogP contribution in [0.4, 0.5) is 0 Å². The van der Waals surface area contributed by atoms with E-state index in [0.717, 1.165) is 24.8 Å². The van der Waals surface area contributed by atoms with Gasteiger partial charge >= 0.3 is 0 Å². The van der Waals surface area contributed by atoms with Gasteiger partial charge in [-0.2, -0.15) is 0 Å². The van der Waals surface area contributed by atoms with E-state index < -0.39 is 0 Å². The lowest BCUT2D eigenvalue weighted by Gasteiger charge is -2.49. The molecule has 26 heavy (non-hydrogen) atoms. The summed E-state index contributed by atoms with van der Waals surface area (Å²) < 4.78 is 19.3. The molecule has 0 radical (unpaired) electrons. The van der Waals surface area contributed by atoms with Crippen LogP contribution < -0.4 is 0 Å². The second kappa shape index (κ2) is 7.91. The lowest BCUT2D eigenvalue weighted by Crippen LogP contribution is -2.54. The van der Waals surface area contributed by atoms with Crippen molar-refractivity contribution in [1.82, 2.24) is 0 Å². The summed E-state index contributed by atoms with van der Waals surface area (Å²) in [6.45, 7) is 4.43. The van der Waals surface area contributed by atoms with Gasteiger partial charge in [0.05, 0.1) is 18.3 Å². The monoisotopic (exact) mass is 352 g/mol. The second-order valence-corrected chi connectivity index (χ2v) is 7.33. The molecule has 4 rings (SSSR count). The first-order valence-electron chi connectivity index (χ1n) is 9.86. The molecule has 0 amide bonds. The predicted molar refractivity (Wildman–Crippen MR) is 102 cm³/mol. The van der Waals surface area contributed by atoms with Gasteiger partial charge < -0.3 is 14.2 Å². The number of benzene rings is 2. The Morgan fingerprint density at radius 2 is 1.38 bits per heavy atom. The first-order valence-corrected chi connectivity index (χ1v) is 9.86. The van der Waals surface area contributed by atoms with Crippen molar-refractivity contribution in [2.75, 3.05) is 0 Å². The number of hydrogen-bond donors (Lipinski definition) is 0. The minimum atomic E-state index is -0.298. The van der Waals surface area contributed by atoms with Crippen LogP contribution in [0.2, 0.25) is 0 Å². The van der Waals surface area contributed by atoms with E-state index in [9.17, 15) is 0 Å². The number of fused-ring (bicyclic) bond motifs is 1. The Morgan fingerprint density at radius 1 is 0.731 bits per heavy atom. The summed E-state index contributed by atoms with van der Waals surface area (Å²) in [6.07, 6.45) is 2.97. The third kappa shape index (κ3) is 3.44. The van der Waals surface area contributed by atoms with E-state index in [1.54, 1.807) is 0 Å². The van der Waals surface area contributed by atoms with Crippen LogP contribution in [0.25, 0.3) is 0 Å². The van der Waals surface area contributed by atoms with Crippen LogP contribution in [0.1, 0.15) is 56.6 Å². The van der Waals surface area contributed by atoms with E-state index in [4.69, 9.17) is 14.2 Å². The van der Waals surface area contributed by atoms with Gasteiger partial charge in [0, 0.05) is 5.56 Å². The van der Waals surface area contributed by atoms with Crippen LogP contribution in [0.15, 0.2) is 60.7 Å². The molecule has 2 aromatic carbocycles. The Hall–Kier alpha value is -1.68. The Bertz CT molecular complexity index is 626. The quantitative estimate of drug-likeness (QED) is 0.734. The van der Waals surface area contributed by atoms with Crippen LogP contribution >= 0.6 is 0 Å². The Kier molecular flexibility index (Phi) is 5.39. The molecule has 2 aliphatic rings. The molecule has 0 aromatic heterocycles. The summed E-state index contributed by atoms with van der Waals surface area (Å²) in [6, 6.07) is 20.8. The topological polar surface area (TPSA) is 27.7 Å². The normalized spacial score (nSPS) is 34.2. The van der Waals surface area contributed by atoms with E-state index in [1.165, 1.54) is 5.56 Å². The van der Waals surface area contributed by atoms with Crippen molar-refractivity contribution in [1.29, 1.82) is 0 Å². The molecule has 138 valence electrons. The molecule has 0 aliphatic carbocycles. The van der Waals surface area contributed by atoms with Crippen molar-refractivity contribution in [3.8, 4) is 0 Å². The van der Waals surface area contributed by atoms with E-state index in [-0.39, 0.29) is 30.7 Å². The standard InChI is InChI=1S/C23H28O3/c1-3-16-15-20(17-11-7-5-8-12-17)24-22-19(4-2)25-23(26-21(16)22)18-13-9-6-10-14-18/h5-14,16,19-23H,3-4,15H2,1-2H3. The van der Waals surface area contributed by atoms with E-state index in [2.05, 4.69) is 56.3 Å². The smallest absolute Gasteiger partial charge is 0.184 e. The number of ether oxygens (including phenoxy) is 3. The molecule has 2 fully saturated rings. The maximum atomic E-state index is 6.55. The molecule has 0 bridgehead atoms. The van der Waals surface area contributed by atoms with Crippen molar-refractivity contribution >= 4 is 0 Å². The van der Waals surface area contributed by atoms with Gasteiger partial charge in [-0.05, 0) is 24.3 Å². The average Bonchev–Trinajstić information content (AvgIpc) is 2.73. The van der Waals surface area contributed by atoms with E-state index in [0.29, 0.717) is 5.92 Å². The summed E-state index contributed by atoms with van der Waals surface area (Å²) in [4.78, 5) is 0. The fourth-order valence-corrected chi connectivity index (χ4v) is 4.28. The SMILES string of the molecule is CCC1CC(c2ccccc2)OC2C(CC)OC(c3ccccc3)OC12. The zero-order chi connectivity index (χ0) is 17.9. The summed E-state index contributed by atoms with van der Waals surface area (Å²) in [5, 5.41) is 0. The summed E-state index contributed by atoms with van der Waals surface area (Å²) in [5.41, 5.74) is 2.34. The van der Waals surface area contributed by atoms with Gasteiger partial charge in [0.2, 0.25) is 0 Å². The average molecular weight is 352 g/mol. The van der Waals surface area contributed by atoms with Gasteiger partial charge in [0.1, 0.15) is 6.10 Å². The number of rotatable bonds is 4. The van der Waals surface area contributed by atoms with Crippen LogP contribution in [-0.2, 0) is 14.2 Å². The van der Waals surface area contributed by atoms with Crippen molar-refractivity contribution in [3.05, 3.63) is 71.8 Å². The first kappa shape index (κ1) is 17.7. The van der Waals surface area contributed by atoms with Crippen molar-refractivity contribution < 1.29 is 14.2 Å². The molecule has 3 nitrogen and oxygen atoms in total. The lowest BCUT2D eigenvalue weighted by molar-refractivity contribution is -0.331. The number of hydrogen-bond acceptors (Lipinski definition) is 3. The molecule has 3 heteroatoms. The van der Waals surface area contributed by atoms with Crippen LogP contribution in [0.3, 0.4) is 0 Å². The van der Waals surface area contributed by atoms with E-state index in [1.807, 2.05) is 18.2 Å². The second-order valence-electron chi connectivity index (χ2n) is 7.33. The zero-order valence-electron chi connectivity index (χ0n) is 15.6. The lowest BCUT2D eigenvalue weighted by atomic mass is 9.82.